The number of amides is 3. The second-order valence-corrected chi connectivity index (χ2v) is 7.16. The van der Waals surface area contributed by atoms with E-state index in [-0.39, 0.29) is 18.0 Å². The summed E-state index contributed by atoms with van der Waals surface area (Å²) in [6, 6.07) is -0.520. The van der Waals surface area contributed by atoms with Crippen molar-refractivity contribution in [2.45, 2.75) is 44.2 Å². The third-order valence-corrected chi connectivity index (χ3v) is 5.62. The van der Waals surface area contributed by atoms with Gasteiger partial charge in [0.1, 0.15) is 5.54 Å². The van der Waals surface area contributed by atoms with Gasteiger partial charge in [0, 0.05) is 32.7 Å². The van der Waals surface area contributed by atoms with Gasteiger partial charge in [-0.2, -0.15) is 0 Å². The highest BCUT2D eigenvalue weighted by Crippen LogP contribution is 2.30. The number of carbonyl (C=O) groups excluding carboxylic acids is 2. The molecule has 1 atom stereocenters. The molecule has 3 fully saturated rings. The summed E-state index contributed by atoms with van der Waals surface area (Å²) in [5.74, 6) is -0.0837. The highest BCUT2D eigenvalue weighted by molar-refractivity contribution is 6.07. The van der Waals surface area contributed by atoms with E-state index < -0.39 is 5.54 Å². The van der Waals surface area contributed by atoms with Crippen LogP contribution < -0.4 is 11.1 Å². The Hall–Kier alpha value is -1.18. The molecule has 0 aromatic heterocycles. The van der Waals surface area contributed by atoms with E-state index in [9.17, 15) is 9.59 Å². The highest BCUT2D eigenvalue weighted by atomic mass is 16.2. The number of imide groups is 1. The molecule has 1 unspecified atom stereocenters. The lowest BCUT2D eigenvalue weighted by molar-refractivity contribution is -0.134. The second-order valence-electron chi connectivity index (χ2n) is 7.16. The van der Waals surface area contributed by atoms with Gasteiger partial charge in [0.05, 0.1) is 6.04 Å². The van der Waals surface area contributed by atoms with Crippen LogP contribution in [0.2, 0.25) is 0 Å². The van der Waals surface area contributed by atoms with E-state index in [0.29, 0.717) is 19.4 Å². The molecule has 3 aliphatic heterocycles. The monoisotopic (exact) mass is 323 g/mol. The fourth-order valence-electron chi connectivity index (χ4n) is 3.93. The van der Waals surface area contributed by atoms with E-state index in [4.69, 9.17) is 5.73 Å². The molecule has 0 aliphatic carbocycles. The van der Waals surface area contributed by atoms with Crippen molar-refractivity contribution in [1.29, 1.82) is 0 Å². The first-order chi connectivity index (χ1) is 11.1. The molecule has 0 bridgehead atoms. The third kappa shape index (κ3) is 3.22. The molecule has 7 heteroatoms. The number of nitrogens with zero attached hydrogens (tertiary/aromatic N) is 3. The van der Waals surface area contributed by atoms with Gasteiger partial charge in [-0.25, -0.2) is 4.79 Å². The fraction of sp³-hybridized carbons (Fsp3) is 0.875. The van der Waals surface area contributed by atoms with Crippen LogP contribution >= 0.6 is 0 Å². The number of rotatable bonds is 5. The first-order valence-corrected chi connectivity index (χ1v) is 8.86. The molecule has 3 saturated heterocycles. The molecule has 130 valence electrons. The number of urea groups is 1. The van der Waals surface area contributed by atoms with E-state index in [0.717, 1.165) is 26.2 Å². The van der Waals surface area contributed by atoms with Gasteiger partial charge < -0.3 is 20.9 Å². The van der Waals surface area contributed by atoms with Crippen LogP contribution in [0.15, 0.2) is 0 Å². The van der Waals surface area contributed by atoms with Gasteiger partial charge >= 0.3 is 6.03 Å². The van der Waals surface area contributed by atoms with Crippen LogP contribution in [0.4, 0.5) is 4.79 Å². The molecule has 3 heterocycles. The Morgan fingerprint density at radius 2 is 1.65 bits per heavy atom. The van der Waals surface area contributed by atoms with Crippen LogP contribution in [-0.4, -0.2) is 84.0 Å². The van der Waals surface area contributed by atoms with E-state index in [2.05, 4.69) is 15.1 Å². The lowest BCUT2D eigenvalue weighted by atomic mass is 9.87. The van der Waals surface area contributed by atoms with Crippen LogP contribution in [0, 0.1) is 0 Å². The molecule has 0 saturated carbocycles. The van der Waals surface area contributed by atoms with Crippen LogP contribution in [-0.2, 0) is 4.79 Å². The topological polar surface area (TPSA) is 81.9 Å². The van der Waals surface area contributed by atoms with Crippen molar-refractivity contribution >= 4 is 11.9 Å². The average molecular weight is 323 g/mol. The molecule has 3 rings (SSSR count). The summed E-state index contributed by atoms with van der Waals surface area (Å²) in [6.07, 6.45) is 4.04. The lowest BCUT2D eigenvalue weighted by Gasteiger charge is -2.38. The zero-order chi connectivity index (χ0) is 16.4. The Bertz CT molecular complexity index is 455. The van der Waals surface area contributed by atoms with Crippen molar-refractivity contribution < 1.29 is 9.59 Å². The maximum atomic E-state index is 12.7. The van der Waals surface area contributed by atoms with Gasteiger partial charge in [-0.1, -0.05) is 0 Å². The summed E-state index contributed by atoms with van der Waals surface area (Å²) in [4.78, 5) is 31.1. The van der Waals surface area contributed by atoms with Crippen LogP contribution in [0.1, 0.15) is 32.6 Å². The number of piperidine rings is 1. The summed E-state index contributed by atoms with van der Waals surface area (Å²) in [5, 5.41) is 2.95. The van der Waals surface area contributed by atoms with Crippen LogP contribution in [0.5, 0.6) is 0 Å². The predicted octanol–water partition coefficient (Wildman–Crippen LogP) is -0.184. The molecule has 3 aliphatic rings. The van der Waals surface area contributed by atoms with Crippen LogP contribution in [0.3, 0.4) is 0 Å². The number of likely N-dealkylation sites (tertiary alicyclic amines) is 2. The molecular formula is C16H29N5O2. The van der Waals surface area contributed by atoms with Gasteiger partial charge in [0.15, 0.2) is 0 Å². The average Bonchev–Trinajstić information content (AvgIpc) is 3.14. The maximum Gasteiger partial charge on any atom is 0.325 e. The number of hydrogen-bond acceptors (Lipinski definition) is 5. The Morgan fingerprint density at radius 1 is 1.09 bits per heavy atom. The van der Waals surface area contributed by atoms with Crippen LogP contribution in [0.25, 0.3) is 0 Å². The zero-order valence-corrected chi connectivity index (χ0v) is 14.1. The van der Waals surface area contributed by atoms with Crippen molar-refractivity contribution in [2.75, 3.05) is 45.8 Å². The first kappa shape index (κ1) is 16.7. The van der Waals surface area contributed by atoms with Crippen molar-refractivity contribution in [3.05, 3.63) is 0 Å². The van der Waals surface area contributed by atoms with Crippen molar-refractivity contribution in [2.24, 2.45) is 5.73 Å². The normalized spacial score (nSPS) is 27.0. The molecule has 23 heavy (non-hydrogen) atoms. The quantitative estimate of drug-likeness (QED) is 0.686. The minimum absolute atomic E-state index is 0.0837. The Labute approximate surface area is 138 Å². The van der Waals surface area contributed by atoms with Crippen molar-refractivity contribution in [3.63, 3.8) is 0 Å². The minimum atomic E-state index is -0.690. The molecular weight excluding hydrogens is 294 g/mol. The second kappa shape index (κ2) is 6.75. The predicted molar refractivity (Wildman–Crippen MR) is 88.0 cm³/mol. The van der Waals surface area contributed by atoms with Crippen molar-refractivity contribution in [3.8, 4) is 0 Å². The number of nitrogens with two attached hydrogens (primary N) is 1. The fourth-order valence-corrected chi connectivity index (χ4v) is 3.93. The molecule has 0 aromatic rings. The van der Waals surface area contributed by atoms with E-state index >= 15 is 0 Å². The summed E-state index contributed by atoms with van der Waals surface area (Å²) < 4.78 is 0. The molecule has 0 radical (unpaired) electrons. The van der Waals surface area contributed by atoms with Crippen molar-refractivity contribution in [1.82, 2.24) is 20.0 Å². The third-order valence-electron chi connectivity index (χ3n) is 5.62. The summed E-state index contributed by atoms with van der Waals surface area (Å²) in [5.41, 5.74) is 4.94. The van der Waals surface area contributed by atoms with E-state index in [1.165, 1.54) is 30.8 Å². The molecule has 0 aromatic carbocycles. The lowest BCUT2D eigenvalue weighted by Crippen LogP contribution is -2.56. The first-order valence-electron chi connectivity index (χ1n) is 8.86. The highest BCUT2D eigenvalue weighted by Gasteiger charge is 2.53. The van der Waals surface area contributed by atoms with Gasteiger partial charge in [-0.15, -0.1) is 0 Å². The number of nitrogens with one attached hydrogen (secondary N) is 1. The van der Waals surface area contributed by atoms with Gasteiger partial charge in [-0.05, 0) is 45.7 Å². The van der Waals surface area contributed by atoms with Gasteiger partial charge in [-0.3, -0.25) is 9.69 Å². The zero-order valence-electron chi connectivity index (χ0n) is 14.1. The minimum Gasteiger partial charge on any atom is -0.328 e. The molecule has 7 nitrogen and oxygen atoms in total. The Morgan fingerprint density at radius 3 is 2.22 bits per heavy atom. The Balaban J connectivity index is 1.53. The maximum absolute atomic E-state index is 12.7. The summed E-state index contributed by atoms with van der Waals surface area (Å²) in [6.45, 7) is 8.47. The van der Waals surface area contributed by atoms with Gasteiger partial charge in [0.2, 0.25) is 0 Å². The number of carbonyl (C=O) groups is 2. The van der Waals surface area contributed by atoms with E-state index in [1.54, 1.807) is 0 Å². The molecule has 3 N–H and O–H groups in total. The van der Waals surface area contributed by atoms with E-state index in [1.807, 2.05) is 6.92 Å². The SMILES string of the molecule is CC(CN)N1C(=O)NC2(CCN(CCN3CCCC3)CC2)C1=O. The standard InChI is InChI=1S/C16H29N5O2/c1-13(12-17)21-14(22)16(18-15(21)23)4-8-20(9-5-16)11-10-19-6-2-3-7-19/h13H,2-12,17H2,1H3,(H,18,23). The Kier molecular flexibility index (Phi) is 4.89. The summed E-state index contributed by atoms with van der Waals surface area (Å²) >= 11 is 0. The summed E-state index contributed by atoms with van der Waals surface area (Å²) in [7, 11) is 0. The van der Waals surface area contributed by atoms with Gasteiger partial charge in [0.25, 0.3) is 5.91 Å². The molecule has 3 amide bonds. The number of hydrogen-bond donors (Lipinski definition) is 2. The smallest absolute Gasteiger partial charge is 0.325 e. The molecule has 1 spiro atoms. The largest absolute Gasteiger partial charge is 0.328 e.